The lowest BCUT2D eigenvalue weighted by Crippen LogP contribution is -2.35. The summed E-state index contributed by atoms with van der Waals surface area (Å²) in [6.07, 6.45) is 5.83. The summed E-state index contributed by atoms with van der Waals surface area (Å²) in [7, 11) is -2.97. The first-order valence-electron chi connectivity index (χ1n) is 6.19. The predicted molar refractivity (Wildman–Crippen MR) is 75.6 cm³/mol. The molecule has 0 heterocycles. The van der Waals surface area contributed by atoms with Crippen LogP contribution in [-0.4, -0.2) is 27.5 Å². The van der Waals surface area contributed by atoms with E-state index < -0.39 is 32.7 Å². The number of carbonyl (C=O) groups is 1. The van der Waals surface area contributed by atoms with Crippen LogP contribution in [0.15, 0.2) is 23.1 Å². The fourth-order valence-corrected chi connectivity index (χ4v) is 3.22. The monoisotopic (exact) mass is 313 g/mol. The van der Waals surface area contributed by atoms with Gasteiger partial charge in [0, 0.05) is 12.5 Å². The summed E-state index contributed by atoms with van der Waals surface area (Å²) in [6.45, 7) is 1.76. The van der Waals surface area contributed by atoms with Gasteiger partial charge in [-0.2, -0.15) is 0 Å². The zero-order valence-corrected chi connectivity index (χ0v) is 12.5. The maximum atomic E-state index is 13.3. The number of halogens is 1. The van der Waals surface area contributed by atoms with Crippen molar-refractivity contribution >= 4 is 16.0 Å². The molecule has 0 aliphatic rings. The van der Waals surface area contributed by atoms with E-state index in [4.69, 9.17) is 6.42 Å². The minimum atomic E-state index is -4.09. The highest BCUT2D eigenvalue weighted by Crippen LogP contribution is 2.19. The number of ether oxygens (including phenoxy) is 1. The first-order chi connectivity index (χ1) is 9.85. The number of hydrogen-bond donors (Lipinski definition) is 1. The van der Waals surface area contributed by atoms with E-state index in [1.54, 1.807) is 6.92 Å². The highest BCUT2D eigenvalue weighted by atomic mass is 32.2. The van der Waals surface area contributed by atoms with Crippen LogP contribution in [0.3, 0.4) is 0 Å². The Morgan fingerprint density at radius 3 is 2.71 bits per heavy atom. The highest BCUT2D eigenvalue weighted by molar-refractivity contribution is 7.89. The predicted octanol–water partition coefficient (Wildman–Crippen LogP) is 1.69. The molecular weight excluding hydrogens is 297 g/mol. The van der Waals surface area contributed by atoms with Gasteiger partial charge in [-0.3, -0.25) is 0 Å². The minimum Gasteiger partial charge on any atom is -0.465 e. The number of terminal acetylenes is 1. The Labute approximate surface area is 123 Å². The minimum absolute atomic E-state index is 0.193. The summed E-state index contributed by atoms with van der Waals surface area (Å²) < 4.78 is 44.8. The zero-order valence-electron chi connectivity index (χ0n) is 11.7. The second kappa shape index (κ2) is 7.20. The van der Waals surface area contributed by atoms with Crippen molar-refractivity contribution < 1.29 is 22.3 Å². The van der Waals surface area contributed by atoms with Crippen LogP contribution >= 0.6 is 0 Å². The maximum Gasteiger partial charge on any atom is 0.339 e. The van der Waals surface area contributed by atoms with Crippen molar-refractivity contribution in [3.05, 3.63) is 29.6 Å². The summed E-state index contributed by atoms with van der Waals surface area (Å²) in [5.41, 5.74) is -0.234. The SMILES string of the molecule is C#CCC(CC)NS(=O)(=O)c1cc(F)ccc1C(=O)OC. The van der Waals surface area contributed by atoms with Crippen molar-refractivity contribution in [2.45, 2.75) is 30.7 Å². The molecule has 0 aromatic heterocycles. The fraction of sp³-hybridized carbons (Fsp3) is 0.357. The maximum absolute atomic E-state index is 13.3. The van der Waals surface area contributed by atoms with E-state index in [-0.39, 0.29) is 12.0 Å². The van der Waals surface area contributed by atoms with Gasteiger partial charge < -0.3 is 4.74 Å². The number of hydrogen-bond acceptors (Lipinski definition) is 4. The van der Waals surface area contributed by atoms with Gasteiger partial charge in [-0.1, -0.05) is 6.92 Å². The summed E-state index contributed by atoms with van der Waals surface area (Å²) in [5, 5.41) is 0. The Hall–Kier alpha value is -1.91. The fourth-order valence-electron chi connectivity index (χ4n) is 1.69. The molecule has 114 valence electrons. The van der Waals surface area contributed by atoms with E-state index in [0.29, 0.717) is 6.42 Å². The Morgan fingerprint density at radius 2 is 2.19 bits per heavy atom. The van der Waals surface area contributed by atoms with Gasteiger partial charge >= 0.3 is 5.97 Å². The van der Waals surface area contributed by atoms with Crippen molar-refractivity contribution in [2.75, 3.05) is 7.11 Å². The van der Waals surface area contributed by atoms with Gasteiger partial charge in [0.25, 0.3) is 0 Å². The van der Waals surface area contributed by atoms with Crippen molar-refractivity contribution in [3.8, 4) is 12.3 Å². The van der Waals surface area contributed by atoms with Crippen LogP contribution in [0.2, 0.25) is 0 Å². The lowest BCUT2D eigenvalue weighted by Gasteiger charge is -2.16. The third-order valence-corrected chi connectivity index (χ3v) is 4.38. The van der Waals surface area contributed by atoms with Crippen LogP contribution in [0.1, 0.15) is 30.1 Å². The van der Waals surface area contributed by atoms with Gasteiger partial charge in [-0.15, -0.1) is 12.3 Å². The molecule has 7 heteroatoms. The van der Waals surface area contributed by atoms with Crippen LogP contribution in [-0.2, 0) is 14.8 Å². The Balaban J connectivity index is 3.27. The molecule has 0 fully saturated rings. The van der Waals surface area contributed by atoms with Crippen LogP contribution < -0.4 is 4.72 Å². The van der Waals surface area contributed by atoms with E-state index in [0.717, 1.165) is 25.3 Å². The average Bonchev–Trinajstić information content (AvgIpc) is 2.45. The number of methoxy groups -OCH3 is 1. The molecule has 0 aliphatic heterocycles. The number of sulfonamides is 1. The molecule has 1 unspecified atom stereocenters. The quantitative estimate of drug-likeness (QED) is 0.641. The topological polar surface area (TPSA) is 72.5 Å². The van der Waals surface area contributed by atoms with E-state index in [9.17, 15) is 17.6 Å². The van der Waals surface area contributed by atoms with Crippen molar-refractivity contribution in [1.82, 2.24) is 4.72 Å². The van der Waals surface area contributed by atoms with Crippen molar-refractivity contribution in [1.29, 1.82) is 0 Å². The molecule has 5 nitrogen and oxygen atoms in total. The van der Waals surface area contributed by atoms with Crippen molar-refractivity contribution in [2.24, 2.45) is 0 Å². The van der Waals surface area contributed by atoms with Gasteiger partial charge in [0.1, 0.15) is 5.82 Å². The molecule has 1 aromatic rings. The second-order valence-electron chi connectivity index (χ2n) is 4.27. The average molecular weight is 313 g/mol. The Kier molecular flexibility index (Phi) is 5.88. The molecule has 1 rings (SSSR count). The lowest BCUT2D eigenvalue weighted by atomic mass is 10.2. The van der Waals surface area contributed by atoms with Crippen molar-refractivity contribution in [3.63, 3.8) is 0 Å². The molecule has 1 aromatic carbocycles. The molecule has 0 amide bonds. The number of benzene rings is 1. The van der Waals surface area contributed by atoms with Crippen LogP contribution in [0.5, 0.6) is 0 Å². The first kappa shape index (κ1) is 17.1. The summed E-state index contributed by atoms with van der Waals surface area (Å²) >= 11 is 0. The molecule has 1 N–H and O–H groups in total. The molecule has 0 bridgehead atoms. The normalized spacial score (nSPS) is 12.5. The van der Waals surface area contributed by atoms with Gasteiger partial charge in [0.05, 0.1) is 17.6 Å². The number of nitrogens with one attached hydrogen (secondary N) is 1. The van der Waals surface area contributed by atoms with Gasteiger partial charge in [-0.25, -0.2) is 22.3 Å². The molecule has 0 spiro atoms. The van der Waals surface area contributed by atoms with E-state index in [2.05, 4.69) is 15.4 Å². The largest absolute Gasteiger partial charge is 0.465 e. The van der Waals surface area contributed by atoms with Crippen LogP contribution in [0.4, 0.5) is 4.39 Å². The molecule has 1 atom stereocenters. The molecular formula is C14H16FNO4S. The second-order valence-corrected chi connectivity index (χ2v) is 5.95. The molecule has 0 radical (unpaired) electrons. The number of rotatable bonds is 6. The summed E-state index contributed by atoms with van der Waals surface area (Å²) in [6, 6.07) is 2.34. The van der Waals surface area contributed by atoms with E-state index >= 15 is 0 Å². The molecule has 0 saturated heterocycles. The lowest BCUT2D eigenvalue weighted by molar-refractivity contribution is 0.0596. The third-order valence-electron chi connectivity index (χ3n) is 2.82. The molecule has 0 saturated carbocycles. The summed E-state index contributed by atoms with van der Waals surface area (Å²) in [5.74, 6) is 0.729. The standard InChI is InChI=1S/C14H16FNO4S/c1-4-6-11(5-2)16-21(18,19)13-9-10(15)7-8-12(13)14(17)20-3/h1,7-9,11,16H,5-6H2,2-3H3. The van der Waals surface area contributed by atoms with Crippen LogP contribution in [0, 0.1) is 18.2 Å². The van der Waals surface area contributed by atoms with E-state index in [1.165, 1.54) is 0 Å². The zero-order chi connectivity index (χ0) is 16.0. The number of esters is 1. The van der Waals surface area contributed by atoms with Gasteiger partial charge in [0.2, 0.25) is 10.0 Å². The van der Waals surface area contributed by atoms with Gasteiger partial charge in [-0.05, 0) is 24.6 Å². The Bertz CT molecular complexity index is 664. The van der Waals surface area contributed by atoms with Gasteiger partial charge in [0.15, 0.2) is 0 Å². The number of carbonyl (C=O) groups excluding carboxylic acids is 1. The third kappa shape index (κ3) is 4.28. The highest BCUT2D eigenvalue weighted by Gasteiger charge is 2.25. The molecule has 0 aliphatic carbocycles. The van der Waals surface area contributed by atoms with Crippen LogP contribution in [0.25, 0.3) is 0 Å². The van der Waals surface area contributed by atoms with E-state index in [1.807, 2.05) is 0 Å². The Morgan fingerprint density at radius 1 is 1.52 bits per heavy atom. The first-order valence-corrected chi connectivity index (χ1v) is 7.67. The smallest absolute Gasteiger partial charge is 0.339 e. The summed E-state index contributed by atoms with van der Waals surface area (Å²) in [4.78, 5) is 11.1. The molecule has 21 heavy (non-hydrogen) atoms.